The van der Waals surface area contributed by atoms with Gasteiger partial charge in [0.2, 0.25) is 0 Å². The maximum atomic E-state index is 11.0. The van der Waals surface area contributed by atoms with Gasteiger partial charge in [-0.25, -0.2) is 8.42 Å². The molecule has 0 bridgehead atoms. The molecule has 2 atom stereocenters. The zero-order chi connectivity index (χ0) is 19.0. The van der Waals surface area contributed by atoms with Gasteiger partial charge >= 0.3 is 51.4 Å². The summed E-state index contributed by atoms with van der Waals surface area (Å²) in [6, 6.07) is 0. The molecule has 26 heavy (non-hydrogen) atoms. The van der Waals surface area contributed by atoms with E-state index in [0.717, 1.165) is 12.8 Å². The van der Waals surface area contributed by atoms with Crippen molar-refractivity contribution in [2.75, 3.05) is 0 Å². The van der Waals surface area contributed by atoms with Gasteiger partial charge in [-0.15, -0.1) is 0 Å². The second kappa shape index (κ2) is 19.8. The summed E-state index contributed by atoms with van der Waals surface area (Å²) in [4.78, 5) is 0. The standard InChI is InChI=1S/C20H42O4S.K/c1-3-4-5-6-7-8-9-10-11-12-13-14-15-16-17-18-20(19(2)21)25(22,23)24;/h19-21H,3-18H2,1-2H3,(H,22,23,24);/q;+1/p-1. The first-order chi connectivity index (χ1) is 11.9. The third-order valence-electron chi connectivity index (χ3n) is 5.00. The normalized spacial score (nSPS) is 14.0. The molecular formula is C20H41KO4S. The topological polar surface area (TPSA) is 77.4 Å². The monoisotopic (exact) mass is 416 g/mol. The second-order valence-electron chi connectivity index (χ2n) is 7.51. The molecule has 4 nitrogen and oxygen atoms in total. The molecule has 0 fully saturated rings. The average molecular weight is 417 g/mol. The van der Waals surface area contributed by atoms with Crippen LogP contribution in [0.1, 0.15) is 117 Å². The smallest absolute Gasteiger partial charge is 0.748 e. The first kappa shape index (κ1) is 29.7. The predicted octanol–water partition coefficient (Wildman–Crippen LogP) is 2.55. The fourth-order valence-corrected chi connectivity index (χ4v) is 4.28. The average Bonchev–Trinajstić information content (AvgIpc) is 2.53. The molecule has 0 aliphatic heterocycles. The van der Waals surface area contributed by atoms with Gasteiger partial charge in [0.1, 0.15) is 10.1 Å². The second-order valence-corrected chi connectivity index (χ2v) is 9.10. The predicted molar refractivity (Wildman–Crippen MR) is 105 cm³/mol. The minimum absolute atomic E-state index is 0. The molecule has 0 radical (unpaired) electrons. The number of aliphatic hydroxyl groups is 1. The van der Waals surface area contributed by atoms with E-state index >= 15 is 0 Å². The zero-order valence-corrected chi connectivity index (χ0v) is 21.5. The summed E-state index contributed by atoms with van der Waals surface area (Å²) in [5.74, 6) is 0. The molecule has 0 aromatic rings. The van der Waals surface area contributed by atoms with Crippen LogP contribution in [0.2, 0.25) is 0 Å². The molecule has 0 amide bonds. The van der Waals surface area contributed by atoms with Gasteiger partial charge in [0.15, 0.2) is 0 Å². The largest absolute Gasteiger partial charge is 1.00 e. The van der Waals surface area contributed by atoms with Crippen LogP contribution in [0.5, 0.6) is 0 Å². The van der Waals surface area contributed by atoms with Crippen molar-refractivity contribution in [1.29, 1.82) is 0 Å². The number of hydrogen-bond donors (Lipinski definition) is 1. The Kier molecular flexibility index (Phi) is 22.6. The molecule has 0 aliphatic rings. The van der Waals surface area contributed by atoms with Crippen LogP contribution in [-0.4, -0.2) is 29.4 Å². The fourth-order valence-electron chi connectivity index (χ4n) is 3.34. The first-order valence-corrected chi connectivity index (χ1v) is 12.0. The van der Waals surface area contributed by atoms with E-state index in [1.165, 1.54) is 84.0 Å². The van der Waals surface area contributed by atoms with E-state index in [1.54, 1.807) is 0 Å². The Labute approximate surface area is 205 Å². The van der Waals surface area contributed by atoms with E-state index in [0.29, 0.717) is 6.42 Å². The van der Waals surface area contributed by atoms with Gasteiger partial charge in [0.05, 0.1) is 11.4 Å². The summed E-state index contributed by atoms with van der Waals surface area (Å²) in [5.41, 5.74) is 0. The number of rotatable bonds is 18. The van der Waals surface area contributed by atoms with Crippen molar-refractivity contribution >= 4 is 10.1 Å². The van der Waals surface area contributed by atoms with Gasteiger partial charge in [-0.05, 0) is 13.3 Å². The Morgan fingerprint density at radius 1 is 0.731 bits per heavy atom. The van der Waals surface area contributed by atoms with E-state index < -0.39 is 21.5 Å². The quantitative estimate of drug-likeness (QED) is 0.212. The van der Waals surface area contributed by atoms with Crippen molar-refractivity contribution in [3.8, 4) is 0 Å². The number of unbranched alkanes of at least 4 members (excludes halogenated alkanes) is 14. The molecule has 0 aromatic heterocycles. The van der Waals surface area contributed by atoms with E-state index in [4.69, 9.17) is 0 Å². The van der Waals surface area contributed by atoms with E-state index in [9.17, 15) is 18.1 Å². The van der Waals surface area contributed by atoms with Crippen molar-refractivity contribution in [3.63, 3.8) is 0 Å². The van der Waals surface area contributed by atoms with Crippen LogP contribution in [0, 0.1) is 0 Å². The van der Waals surface area contributed by atoms with Crippen molar-refractivity contribution in [1.82, 2.24) is 0 Å². The van der Waals surface area contributed by atoms with E-state index in [2.05, 4.69) is 6.92 Å². The van der Waals surface area contributed by atoms with Crippen LogP contribution in [0.4, 0.5) is 0 Å². The van der Waals surface area contributed by atoms with Crippen molar-refractivity contribution < 1.29 is 69.5 Å². The molecule has 0 rings (SSSR count). The van der Waals surface area contributed by atoms with Crippen molar-refractivity contribution in [2.45, 2.75) is 128 Å². The Hall–Kier alpha value is 1.51. The Balaban J connectivity index is 0. The van der Waals surface area contributed by atoms with Crippen molar-refractivity contribution in [2.24, 2.45) is 0 Å². The molecule has 2 unspecified atom stereocenters. The summed E-state index contributed by atoms with van der Waals surface area (Å²) >= 11 is 0. The maximum Gasteiger partial charge on any atom is 1.00 e. The summed E-state index contributed by atoms with van der Waals surface area (Å²) in [6.07, 6.45) is 18.0. The Bertz CT molecular complexity index is 385. The maximum absolute atomic E-state index is 11.0. The molecule has 1 N–H and O–H groups in total. The van der Waals surface area contributed by atoms with Crippen LogP contribution >= 0.6 is 0 Å². The summed E-state index contributed by atoms with van der Waals surface area (Å²) in [5, 5.41) is 8.24. The third-order valence-corrected chi connectivity index (χ3v) is 6.37. The summed E-state index contributed by atoms with van der Waals surface area (Å²) in [6.45, 7) is 3.63. The van der Waals surface area contributed by atoms with Crippen LogP contribution in [0.15, 0.2) is 0 Å². The van der Waals surface area contributed by atoms with Crippen LogP contribution in [0.25, 0.3) is 0 Å². The third kappa shape index (κ3) is 18.9. The molecule has 0 aromatic carbocycles. The fraction of sp³-hybridized carbons (Fsp3) is 1.00. The minimum Gasteiger partial charge on any atom is -0.748 e. The van der Waals surface area contributed by atoms with Crippen LogP contribution in [0.3, 0.4) is 0 Å². The zero-order valence-electron chi connectivity index (χ0n) is 17.5. The van der Waals surface area contributed by atoms with Crippen molar-refractivity contribution in [3.05, 3.63) is 0 Å². The van der Waals surface area contributed by atoms with Gasteiger partial charge < -0.3 is 9.66 Å². The van der Waals surface area contributed by atoms with Gasteiger partial charge in [-0.2, -0.15) is 0 Å². The number of aliphatic hydroxyl groups excluding tert-OH is 1. The summed E-state index contributed by atoms with van der Waals surface area (Å²) in [7, 11) is -4.38. The molecular weight excluding hydrogens is 375 g/mol. The Morgan fingerprint density at radius 3 is 1.31 bits per heavy atom. The van der Waals surface area contributed by atoms with Gasteiger partial charge in [-0.1, -0.05) is 103 Å². The minimum atomic E-state index is -4.38. The molecule has 6 heteroatoms. The molecule has 152 valence electrons. The van der Waals surface area contributed by atoms with Gasteiger partial charge in [0, 0.05) is 0 Å². The molecule has 0 heterocycles. The SMILES string of the molecule is CCCCCCCCCCCCCCCCCC(C(C)O)S(=O)(=O)[O-].[K+]. The van der Waals surface area contributed by atoms with Crippen LogP contribution < -0.4 is 51.4 Å². The number of hydrogen-bond acceptors (Lipinski definition) is 4. The summed E-state index contributed by atoms with van der Waals surface area (Å²) < 4.78 is 33.1. The molecule has 0 spiro atoms. The van der Waals surface area contributed by atoms with Gasteiger partial charge in [0.25, 0.3) is 0 Å². The molecule has 0 saturated carbocycles. The van der Waals surface area contributed by atoms with Gasteiger partial charge in [-0.3, -0.25) is 0 Å². The molecule has 0 saturated heterocycles. The Morgan fingerprint density at radius 2 is 1.04 bits per heavy atom. The van der Waals surface area contributed by atoms with Crippen LogP contribution in [-0.2, 0) is 10.1 Å². The first-order valence-electron chi connectivity index (χ1n) is 10.5. The van der Waals surface area contributed by atoms with E-state index in [-0.39, 0.29) is 57.8 Å². The van der Waals surface area contributed by atoms with E-state index in [1.807, 2.05) is 0 Å². The molecule has 0 aliphatic carbocycles.